The van der Waals surface area contributed by atoms with Crippen molar-refractivity contribution in [3.05, 3.63) is 29.3 Å². The van der Waals surface area contributed by atoms with Gasteiger partial charge in [0.15, 0.2) is 5.69 Å². The number of hydrogen-bond donors (Lipinski definition) is 3. The fourth-order valence-corrected chi connectivity index (χ4v) is 1.83. The van der Waals surface area contributed by atoms with Crippen LogP contribution in [0.25, 0.3) is 0 Å². The minimum Gasteiger partial charge on any atom is -0.370 e. The molecule has 0 aromatic carbocycles. The van der Waals surface area contributed by atoms with Gasteiger partial charge in [0.2, 0.25) is 5.95 Å². The van der Waals surface area contributed by atoms with Gasteiger partial charge in [-0.3, -0.25) is 4.79 Å². The third-order valence-electron chi connectivity index (χ3n) is 2.77. The van der Waals surface area contributed by atoms with Crippen LogP contribution in [-0.2, 0) is 0 Å². The second kappa shape index (κ2) is 7.39. The average molecular weight is 304 g/mol. The van der Waals surface area contributed by atoms with Crippen LogP contribution in [0.4, 0.5) is 11.8 Å². The van der Waals surface area contributed by atoms with Crippen molar-refractivity contribution in [1.29, 1.82) is 0 Å². The quantitative estimate of drug-likeness (QED) is 0.663. The number of amides is 1. The van der Waals surface area contributed by atoms with E-state index in [2.05, 4.69) is 31.1 Å². The number of nitrogens with zero attached hydrogens (tertiary/aromatic N) is 3. The summed E-state index contributed by atoms with van der Waals surface area (Å²) in [7, 11) is 0. The summed E-state index contributed by atoms with van der Waals surface area (Å²) in [5.41, 5.74) is 1.15. The van der Waals surface area contributed by atoms with Gasteiger partial charge >= 0.3 is 0 Å². The van der Waals surface area contributed by atoms with E-state index in [4.69, 9.17) is 4.52 Å². The van der Waals surface area contributed by atoms with Crippen LogP contribution in [0.15, 0.2) is 16.7 Å². The van der Waals surface area contributed by atoms with Gasteiger partial charge in [-0.25, -0.2) is 4.98 Å². The SMILES string of the molecule is CCNc1cc(C)nc(NCCNC(=O)c2cc(C)on2)n1. The highest BCUT2D eigenvalue weighted by Gasteiger charge is 2.09. The molecular weight excluding hydrogens is 284 g/mol. The Kier molecular flexibility index (Phi) is 5.29. The van der Waals surface area contributed by atoms with E-state index in [9.17, 15) is 4.79 Å². The molecule has 0 radical (unpaired) electrons. The lowest BCUT2D eigenvalue weighted by atomic mass is 10.3. The van der Waals surface area contributed by atoms with Crippen molar-refractivity contribution >= 4 is 17.7 Å². The van der Waals surface area contributed by atoms with Gasteiger partial charge in [0, 0.05) is 37.5 Å². The molecule has 2 heterocycles. The molecule has 0 fully saturated rings. The Balaban J connectivity index is 1.80. The van der Waals surface area contributed by atoms with E-state index < -0.39 is 0 Å². The Bertz CT molecular complexity index is 640. The van der Waals surface area contributed by atoms with Gasteiger partial charge in [-0.2, -0.15) is 4.98 Å². The lowest BCUT2D eigenvalue weighted by Gasteiger charge is -2.09. The molecule has 2 aromatic rings. The Morgan fingerprint density at radius 3 is 2.68 bits per heavy atom. The average Bonchev–Trinajstić information content (AvgIpc) is 2.90. The smallest absolute Gasteiger partial charge is 0.273 e. The number of carbonyl (C=O) groups excluding carboxylic acids is 1. The molecule has 0 spiro atoms. The van der Waals surface area contributed by atoms with E-state index in [1.165, 1.54) is 0 Å². The van der Waals surface area contributed by atoms with Crippen LogP contribution < -0.4 is 16.0 Å². The third-order valence-corrected chi connectivity index (χ3v) is 2.77. The van der Waals surface area contributed by atoms with Crippen LogP contribution in [0.3, 0.4) is 0 Å². The number of aromatic nitrogens is 3. The molecule has 8 nitrogen and oxygen atoms in total. The van der Waals surface area contributed by atoms with Crippen molar-refractivity contribution in [2.24, 2.45) is 0 Å². The first kappa shape index (κ1) is 15.7. The summed E-state index contributed by atoms with van der Waals surface area (Å²) in [6.07, 6.45) is 0. The highest BCUT2D eigenvalue weighted by molar-refractivity contribution is 5.92. The lowest BCUT2D eigenvalue weighted by Crippen LogP contribution is -2.29. The van der Waals surface area contributed by atoms with Crippen molar-refractivity contribution < 1.29 is 9.32 Å². The fraction of sp³-hybridized carbons (Fsp3) is 0.429. The molecule has 0 aliphatic rings. The van der Waals surface area contributed by atoms with Gasteiger partial charge in [-0.15, -0.1) is 0 Å². The standard InChI is InChI=1S/C14H20N6O2/c1-4-15-12-7-9(2)18-14(19-12)17-6-5-16-13(21)11-8-10(3)22-20-11/h7-8H,4-6H2,1-3H3,(H,16,21)(H2,15,17,18,19). The van der Waals surface area contributed by atoms with Crippen molar-refractivity contribution in [2.75, 3.05) is 30.3 Å². The second-order valence-corrected chi connectivity index (χ2v) is 4.75. The number of aryl methyl sites for hydroxylation is 2. The maximum absolute atomic E-state index is 11.8. The van der Waals surface area contributed by atoms with Gasteiger partial charge in [0.05, 0.1) is 0 Å². The maximum Gasteiger partial charge on any atom is 0.273 e. The zero-order chi connectivity index (χ0) is 15.9. The number of hydrogen-bond acceptors (Lipinski definition) is 7. The molecule has 0 atom stereocenters. The Morgan fingerprint density at radius 1 is 1.18 bits per heavy atom. The minimum absolute atomic E-state index is 0.267. The molecule has 1 amide bonds. The molecule has 0 bridgehead atoms. The van der Waals surface area contributed by atoms with Gasteiger partial charge in [0.1, 0.15) is 11.6 Å². The van der Waals surface area contributed by atoms with E-state index in [1.807, 2.05) is 19.9 Å². The zero-order valence-electron chi connectivity index (χ0n) is 12.9. The van der Waals surface area contributed by atoms with Crippen molar-refractivity contribution in [2.45, 2.75) is 20.8 Å². The summed E-state index contributed by atoms with van der Waals surface area (Å²) in [6, 6.07) is 3.47. The molecule has 3 N–H and O–H groups in total. The van der Waals surface area contributed by atoms with Gasteiger partial charge in [0.25, 0.3) is 5.91 Å². The molecular formula is C14H20N6O2. The number of anilines is 2. The monoisotopic (exact) mass is 304 g/mol. The summed E-state index contributed by atoms with van der Waals surface area (Å²) < 4.78 is 4.86. The van der Waals surface area contributed by atoms with Crippen LogP contribution in [0.1, 0.15) is 28.9 Å². The predicted molar refractivity (Wildman–Crippen MR) is 83.0 cm³/mol. The van der Waals surface area contributed by atoms with Crippen molar-refractivity contribution in [3.63, 3.8) is 0 Å². The molecule has 0 aliphatic carbocycles. The van der Waals surface area contributed by atoms with E-state index in [-0.39, 0.29) is 11.6 Å². The Labute approximate surface area is 128 Å². The molecule has 0 aliphatic heterocycles. The highest BCUT2D eigenvalue weighted by atomic mass is 16.5. The van der Waals surface area contributed by atoms with Crippen molar-refractivity contribution in [1.82, 2.24) is 20.4 Å². The van der Waals surface area contributed by atoms with Gasteiger partial charge in [-0.05, 0) is 20.8 Å². The molecule has 118 valence electrons. The van der Waals surface area contributed by atoms with Crippen LogP contribution in [0.2, 0.25) is 0 Å². The van der Waals surface area contributed by atoms with E-state index in [0.29, 0.717) is 24.8 Å². The first-order valence-corrected chi connectivity index (χ1v) is 7.13. The van der Waals surface area contributed by atoms with E-state index in [1.54, 1.807) is 13.0 Å². The van der Waals surface area contributed by atoms with E-state index >= 15 is 0 Å². The first-order valence-electron chi connectivity index (χ1n) is 7.13. The first-order chi connectivity index (χ1) is 10.6. The lowest BCUT2D eigenvalue weighted by molar-refractivity contribution is 0.0946. The number of carbonyl (C=O) groups is 1. The topological polar surface area (TPSA) is 105 Å². The highest BCUT2D eigenvalue weighted by Crippen LogP contribution is 2.08. The summed E-state index contributed by atoms with van der Waals surface area (Å²) in [4.78, 5) is 20.4. The van der Waals surface area contributed by atoms with Crippen LogP contribution in [0.5, 0.6) is 0 Å². The summed E-state index contributed by atoms with van der Waals surface area (Å²) >= 11 is 0. The minimum atomic E-state index is -0.267. The van der Waals surface area contributed by atoms with Gasteiger partial charge in [-0.1, -0.05) is 5.16 Å². The largest absolute Gasteiger partial charge is 0.370 e. The van der Waals surface area contributed by atoms with Gasteiger partial charge < -0.3 is 20.5 Å². The van der Waals surface area contributed by atoms with Crippen LogP contribution in [0, 0.1) is 13.8 Å². The maximum atomic E-state index is 11.8. The van der Waals surface area contributed by atoms with Crippen molar-refractivity contribution in [3.8, 4) is 0 Å². The van der Waals surface area contributed by atoms with Crippen LogP contribution in [-0.4, -0.2) is 40.7 Å². The summed E-state index contributed by atoms with van der Waals surface area (Å²) in [5.74, 6) is 1.65. The molecule has 0 saturated carbocycles. The van der Waals surface area contributed by atoms with Crippen LogP contribution >= 0.6 is 0 Å². The normalized spacial score (nSPS) is 10.3. The molecule has 2 rings (SSSR count). The summed E-state index contributed by atoms with van der Waals surface area (Å²) in [5, 5.41) is 12.6. The molecule has 2 aromatic heterocycles. The predicted octanol–water partition coefficient (Wildman–Crippen LogP) is 1.36. The zero-order valence-corrected chi connectivity index (χ0v) is 12.9. The number of nitrogens with one attached hydrogen (secondary N) is 3. The third kappa shape index (κ3) is 4.44. The number of rotatable bonds is 7. The molecule has 0 unspecified atom stereocenters. The summed E-state index contributed by atoms with van der Waals surface area (Å²) in [6.45, 7) is 7.38. The fourth-order valence-electron chi connectivity index (χ4n) is 1.83. The molecule has 22 heavy (non-hydrogen) atoms. The molecule has 8 heteroatoms. The Hall–Kier alpha value is -2.64. The Morgan fingerprint density at radius 2 is 2.00 bits per heavy atom. The second-order valence-electron chi connectivity index (χ2n) is 4.75. The van der Waals surface area contributed by atoms with E-state index in [0.717, 1.165) is 18.1 Å². The molecule has 0 saturated heterocycles.